The Bertz CT molecular complexity index is 1680. The maximum Gasteiger partial charge on any atom is 0.411 e. The van der Waals surface area contributed by atoms with Crippen molar-refractivity contribution < 1.29 is 52.7 Å². The molecule has 6 rings (SSSR count). The highest BCUT2D eigenvalue weighted by Crippen LogP contribution is 2.44. The van der Waals surface area contributed by atoms with Crippen LogP contribution in [0.3, 0.4) is 0 Å². The zero-order valence-electron chi connectivity index (χ0n) is 28.3. The SMILES string of the molecule is COC(=O)[C@@H]1C[C@H](O)CN1C(=O)OC(C)(C)C.O=C(O)[C@@H]1C[C@@H](Oc2cccc(F)c2)CN1C(=O)OCC1c2ccccc2-c2ccccc21. The molecule has 2 fully saturated rings. The van der Waals surface area contributed by atoms with Crippen LogP contribution in [0.2, 0.25) is 0 Å². The molecule has 0 spiro atoms. The van der Waals surface area contributed by atoms with Gasteiger partial charge in [-0.05, 0) is 55.2 Å². The molecule has 3 aliphatic rings. The van der Waals surface area contributed by atoms with Crippen molar-refractivity contribution in [2.75, 3.05) is 26.8 Å². The third kappa shape index (κ3) is 8.33. The summed E-state index contributed by atoms with van der Waals surface area (Å²) in [4.78, 5) is 50.4. The van der Waals surface area contributed by atoms with Crippen LogP contribution < -0.4 is 4.74 Å². The Balaban J connectivity index is 0.000000242. The number of aliphatic hydroxyl groups excluding tert-OH is 1. The summed E-state index contributed by atoms with van der Waals surface area (Å²) in [6.07, 6.45) is -2.32. The van der Waals surface area contributed by atoms with E-state index in [2.05, 4.69) is 4.74 Å². The number of aliphatic hydroxyl groups is 1. The van der Waals surface area contributed by atoms with Gasteiger partial charge in [0.2, 0.25) is 0 Å². The third-order valence-corrected chi connectivity index (χ3v) is 8.60. The zero-order chi connectivity index (χ0) is 36.2. The summed E-state index contributed by atoms with van der Waals surface area (Å²) >= 11 is 0. The molecular weight excluding hydrogens is 651 g/mol. The van der Waals surface area contributed by atoms with E-state index in [1.165, 1.54) is 35.1 Å². The van der Waals surface area contributed by atoms with E-state index in [-0.39, 0.29) is 38.5 Å². The number of carbonyl (C=O) groups excluding carboxylic acids is 3. The highest BCUT2D eigenvalue weighted by molar-refractivity contribution is 5.83. The number of esters is 1. The molecule has 12 nitrogen and oxygen atoms in total. The second-order valence-corrected chi connectivity index (χ2v) is 13.3. The van der Waals surface area contributed by atoms with Gasteiger partial charge >= 0.3 is 24.1 Å². The fourth-order valence-corrected chi connectivity index (χ4v) is 6.42. The molecule has 4 atom stereocenters. The molecule has 0 saturated carbocycles. The molecule has 0 bridgehead atoms. The lowest BCUT2D eigenvalue weighted by molar-refractivity contribution is -0.145. The number of nitrogens with zero attached hydrogens (tertiary/aromatic N) is 2. The summed E-state index contributed by atoms with van der Waals surface area (Å²) in [5, 5.41) is 19.1. The van der Waals surface area contributed by atoms with Gasteiger partial charge in [-0.15, -0.1) is 0 Å². The molecule has 0 aromatic heterocycles. The Labute approximate surface area is 289 Å². The number of aliphatic carboxylic acids is 1. The van der Waals surface area contributed by atoms with E-state index >= 15 is 0 Å². The summed E-state index contributed by atoms with van der Waals surface area (Å²) in [6, 6.07) is 19.8. The van der Waals surface area contributed by atoms with Crippen LogP contribution >= 0.6 is 0 Å². The average Bonchev–Trinajstić information content (AvgIpc) is 3.77. The number of fused-ring (bicyclic) bond motifs is 3. The summed E-state index contributed by atoms with van der Waals surface area (Å²) in [6.45, 7) is 5.46. The van der Waals surface area contributed by atoms with Gasteiger partial charge in [-0.3, -0.25) is 9.80 Å². The summed E-state index contributed by atoms with van der Waals surface area (Å²) in [7, 11) is 1.25. The van der Waals surface area contributed by atoms with Crippen molar-refractivity contribution in [2.45, 2.75) is 69.4 Å². The van der Waals surface area contributed by atoms with Crippen LogP contribution in [-0.2, 0) is 23.8 Å². The van der Waals surface area contributed by atoms with E-state index in [1.807, 2.05) is 48.5 Å². The van der Waals surface area contributed by atoms with Crippen molar-refractivity contribution in [1.29, 1.82) is 0 Å². The number of benzene rings is 3. The fourth-order valence-electron chi connectivity index (χ4n) is 6.42. The van der Waals surface area contributed by atoms with Gasteiger partial charge in [-0.2, -0.15) is 0 Å². The number of ether oxygens (including phenoxy) is 4. The largest absolute Gasteiger partial charge is 0.488 e. The number of carbonyl (C=O) groups is 4. The van der Waals surface area contributed by atoms with Crippen LogP contribution in [0.15, 0.2) is 72.8 Å². The van der Waals surface area contributed by atoms with Crippen molar-refractivity contribution in [3.05, 3.63) is 89.7 Å². The molecule has 266 valence electrons. The van der Waals surface area contributed by atoms with E-state index in [1.54, 1.807) is 26.8 Å². The molecule has 0 radical (unpaired) electrons. The summed E-state index contributed by atoms with van der Waals surface area (Å²) in [5.41, 5.74) is 3.75. The minimum atomic E-state index is -1.13. The predicted molar refractivity (Wildman–Crippen MR) is 178 cm³/mol. The predicted octanol–water partition coefficient (Wildman–Crippen LogP) is 5.21. The number of methoxy groups -OCH3 is 1. The number of rotatable bonds is 6. The number of β-amino-alcohol motifs (C(OH)–C–C–N with tert-alkyl or cyclic N) is 1. The normalized spacial score (nSPS) is 21.0. The van der Waals surface area contributed by atoms with Crippen LogP contribution in [0.4, 0.5) is 14.0 Å². The van der Waals surface area contributed by atoms with Crippen LogP contribution in [0, 0.1) is 5.82 Å². The number of halogens is 1. The number of hydrogen-bond acceptors (Lipinski definition) is 9. The highest BCUT2D eigenvalue weighted by Gasteiger charge is 2.43. The Morgan fingerprint density at radius 1 is 0.840 bits per heavy atom. The average molecular weight is 693 g/mol. The van der Waals surface area contributed by atoms with Crippen molar-refractivity contribution in [1.82, 2.24) is 9.80 Å². The second-order valence-electron chi connectivity index (χ2n) is 13.3. The van der Waals surface area contributed by atoms with Gasteiger partial charge in [-0.25, -0.2) is 23.6 Å². The third-order valence-electron chi connectivity index (χ3n) is 8.60. The van der Waals surface area contributed by atoms with Crippen molar-refractivity contribution >= 4 is 24.1 Å². The van der Waals surface area contributed by atoms with E-state index in [4.69, 9.17) is 14.2 Å². The highest BCUT2D eigenvalue weighted by atomic mass is 19.1. The Morgan fingerprint density at radius 3 is 2.04 bits per heavy atom. The Kier molecular flexibility index (Phi) is 11.0. The first-order valence-corrected chi connectivity index (χ1v) is 16.3. The molecule has 3 aromatic carbocycles. The van der Waals surface area contributed by atoms with Gasteiger partial charge in [0.15, 0.2) is 0 Å². The topological polar surface area (TPSA) is 152 Å². The lowest BCUT2D eigenvalue weighted by atomic mass is 9.98. The minimum Gasteiger partial charge on any atom is -0.488 e. The lowest BCUT2D eigenvalue weighted by Gasteiger charge is -2.27. The molecule has 13 heteroatoms. The van der Waals surface area contributed by atoms with E-state index in [0.717, 1.165) is 22.3 Å². The standard InChI is InChI=1S/C26H22FNO5.C11H19NO5/c27-16-6-5-7-17(12-16)33-18-13-24(25(29)30)28(14-18)26(31)32-15-23-21-10-3-1-8-19(21)20-9-2-4-11-22(20)23;1-11(2,3)17-10(15)12-6-7(13)5-8(12)9(14)16-4/h1-12,18,23-24H,13-15H2,(H,29,30);7-8,13H,5-6H2,1-4H3/t18-,24+;7-,8-/m10/s1. The molecule has 2 aliphatic heterocycles. The second kappa shape index (κ2) is 15.2. The minimum absolute atomic E-state index is 0.0458. The van der Waals surface area contributed by atoms with Crippen LogP contribution in [-0.4, -0.2) is 101 Å². The molecule has 3 aromatic rings. The van der Waals surface area contributed by atoms with Gasteiger partial charge in [0, 0.05) is 24.8 Å². The monoisotopic (exact) mass is 692 g/mol. The fraction of sp³-hybridized carbons (Fsp3) is 0.405. The maximum absolute atomic E-state index is 13.5. The summed E-state index contributed by atoms with van der Waals surface area (Å²) < 4.78 is 34.6. The van der Waals surface area contributed by atoms with Gasteiger partial charge < -0.3 is 29.2 Å². The van der Waals surface area contributed by atoms with E-state index in [0.29, 0.717) is 5.75 Å². The molecule has 2 saturated heterocycles. The smallest absolute Gasteiger partial charge is 0.411 e. The lowest BCUT2D eigenvalue weighted by Crippen LogP contribution is -2.43. The number of likely N-dealkylation sites (tertiary alicyclic amines) is 2. The number of hydrogen-bond donors (Lipinski definition) is 2. The first-order valence-electron chi connectivity index (χ1n) is 16.3. The molecule has 2 N–H and O–H groups in total. The first kappa shape index (κ1) is 36.1. The molecule has 2 heterocycles. The van der Waals surface area contributed by atoms with Gasteiger partial charge in [0.05, 0.1) is 26.3 Å². The van der Waals surface area contributed by atoms with Crippen LogP contribution in [0.5, 0.6) is 5.75 Å². The molecular formula is C37H41FN2O10. The van der Waals surface area contributed by atoms with Gasteiger partial charge in [-0.1, -0.05) is 54.6 Å². The first-order chi connectivity index (χ1) is 23.8. The molecule has 50 heavy (non-hydrogen) atoms. The van der Waals surface area contributed by atoms with Crippen molar-refractivity contribution in [3.8, 4) is 16.9 Å². The number of carboxylic acid groups (broad SMARTS) is 1. The molecule has 2 amide bonds. The van der Waals surface area contributed by atoms with Crippen LogP contribution in [0.25, 0.3) is 11.1 Å². The number of carboxylic acids is 1. The zero-order valence-corrected chi connectivity index (χ0v) is 28.3. The van der Waals surface area contributed by atoms with Crippen molar-refractivity contribution in [3.63, 3.8) is 0 Å². The van der Waals surface area contributed by atoms with Gasteiger partial charge in [0.1, 0.15) is 42.0 Å². The maximum atomic E-state index is 13.5. The molecule has 1 aliphatic carbocycles. The Hall–Kier alpha value is -5.17. The number of amides is 2. The van der Waals surface area contributed by atoms with E-state index < -0.39 is 59.8 Å². The quantitative estimate of drug-likeness (QED) is 0.260. The van der Waals surface area contributed by atoms with E-state index in [9.17, 15) is 33.8 Å². The summed E-state index contributed by atoms with van der Waals surface area (Å²) in [5.74, 6) is -1.94. The van der Waals surface area contributed by atoms with Crippen molar-refractivity contribution in [2.24, 2.45) is 0 Å². The Morgan fingerprint density at radius 2 is 1.46 bits per heavy atom. The molecule has 0 unspecified atom stereocenters. The van der Waals surface area contributed by atoms with Gasteiger partial charge in [0.25, 0.3) is 0 Å². The van der Waals surface area contributed by atoms with Crippen LogP contribution in [0.1, 0.15) is 50.7 Å².